The van der Waals surface area contributed by atoms with Gasteiger partial charge in [0, 0.05) is 24.8 Å². The number of carbonyl (C=O) groups excluding carboxylic acids is 3. The molecular formula is C32H41N3O6. The molecule has 0 aromatic heterocycles. The molecule has 2 saturated heterocycles. The molecule has 1 unspecified atom stereocenters. The molecule has 220 valence electrons. The minimum atomic E-state index is -1.28. The third kappa shape index (κ3) is 4.48. The van der Waals surface area contributed by atoms with Crippen LogP contribution in [0, 0.1) is 11.8 Å². The van der Waals surface area contributed by atoms with E-state index in [1.807, 2.05) is 67.3 Å². The molecule has 9 nitrogen and oxygen atoms in total. The van der Waals surface area contributed by atoms with Crippen LogP contribution in [-0.2, 0) is 19.1 Å². The molecule has 41 heavy (non-hydrogen) atoms. The maximum absolute atomic E-state index is 14.5. The molecule has 1 aliphatic carbocycles. The Bertz CT molecular complexity index is 1220. The summed E-state index contributed by atoms with van der Waals surface area (Å²) in [6.07, 6.45) is 12.7. The highest BCUT2D eigenvalue weighted by molar-refractivity contribution is 6.04. The zero-order valence-electron chi connectivity index (χ0n) is 24.0. The van der Waals surface area contributed by atoms with Crippen LogP contribution < -0.4 is 9.64 Å². The van der Waals surface area contributed by atoms with Gasteiger partial charge in [0.05, 0.1) is 37.2 Å². The number of fused-ring (bicyclic) bond motifs is 2. The van der Waals surface area contributed by atoms with Gasteiger partial charge in [-0.1, -0.05) is 50.5 Å². The molecule has 5 aliphatic rings. The maximum Gasteiger partial charge on any atom is 0.249 e. The first-order valence-electron chi connectivity index (χ1n) is 15.2. The molecule has 1 aromatic rings. The fourth-order valence-electron chi connectivity index (χ4n) is 7.74. The fourth-order valence-corrected chi connectivity index (χ4v) is 7.74. The van der Waals surface area contributed by atoms with Crippen LogP contribution in [0.4, 0.5) is 5.69 Å². The Morgan fingerprint density at radius 1 is 1.00 bits per heavy atom. The quantitative estimate of drug-likeness (QED) is 0.512. The van der Waals surface area contributed by atoms with Crippen molar-refractivity contribution in [3.63, 3.8) is 0 Å². The van der Waals surface area contributed by atoms with E-state index in [0.29, 0.717) is 31.8 Å². The summed E-state index contributed by atoms with van der Waals surface area (Å²) in [6, 6.07) is 6.02. The molecule has 4 aliphatic heterocycles. The predicted molar refractivity (Wildman–Crippen MR) is 153 cm³/mol. The van der Waals surface area contributed by atoms with E-state index >= 15 is 0 Å². The van der Waals surface area contributed by atoms with Gasteiger partial charge in [0.15, 0.2) is 0 Å². The normalized spacial score (nSPS) is 32.5. The third-order valence-corrected chi connectivity index (χ3v) is 9.68. The first kappa shape index (κ1) is 28.0. The second-order valence-corrected chi connectivity index (χ2v) is 11.8. The van der Waals surface area contributed by atoms with Crippen molar-refractivity contribution in [2.45, 2.75) is 82.2 Å². The van der Waals surface area contributed by atoms with Crippen LogP contribution in [0.1, 0.15) is 52.4 Å². The molecule has 1 aromatic carbocycles. The van der Waals surface area contributed by atoms with E-state index in [9.17, 15) is 19.5 Å². The highest BCUT2D eigenvalue weighted by Gasteiger charge is 2.72. The van der Waals surface area contributed by atoms with Gasteiger partial charge >= 0.3 is 0 Å². The van der Waals surface area contributed by atoms with Gasteiger partial charge in [0.25, 0.3) is 0 Å². The van der Waals surface area contributed by atoms with Gasteiger partial charge in [0.2, 0.25) is 17.7 Å². The van der Waals surface area contributed by atoms with Crippen LogP contribution >= 0.6 is 0 Å². The first-order valence-corrected chi connectivity index (χ1v) is 15.2. The summed E-state index contributed by atoms with van der Waals surface area (Å²) in [7, 11) is 0. The zero-order valence-corrected chi connectivity index (χ0v) is 24.0. The Labute approximate surface area is 241 Å². The van der Waals surface area contributed by atoms with Gasteiger partial charge in [-0.25, -0.2) is 0 Å². The molecule has 0 radical (unpaired) electrons. The molecule has 3 amide bonds. The fraction of sp³-hybridized carbons (Fsp3) is 0.594. The number of hydrogen-bond acceptors (Lipinski definition) is 6. The van der Waals surface area contributed by atoms with Crippen LogP contribution in [0.3, 0.4) is 0 Å². The SMILES string of the molecule is CCOc1ccc(N2CC=C[C@@H]3O[C@]45C=CCN(C6CCCCC6)C(=O)C4N([C@@H](CC)CO)C(=O)[C@@H]5[C@@H]3C2=O)cc1. The van der Waals surface area contributed by atoms with E-state index in [1.165, 1.54) is 6.42 Å². The largest absolute Gasteiger partial charge is 0.494 e. The molecule has 6 rings (SSSR count). The van der Waals surface area contributed by atoms with Crippen molar-refractivity contribution in [1.29, 1.82) is 0 Å². The van der Waals surface area contributed by atoms with Gasteiger partial charge in [0.1, 0.15) is 17.4 Å². The average Bonchev–Trinajstić information content (AvgIpc) is 3.30. The van der Waals surface area contributed by atoms with Crippen molar-refractivity contribution in [3.05, 3.63) is 48.6 Å². The number of carbonyl (C=O) groups is 3. The summed E-state index contributed by atoms with van der Waals surface area (Å²) in [5.74, 6) is -1.58. The van der Waals surface area contributed by atoms with Crippen molar-refractivity contribution in [3.8, 4) is 5.75 Å². The van der Waals surface area contributed by atoms with Crippen molar-refractivity contribution >= 4 is 23.4 Å². The number of aliphatic hydroxyl groups is 1. The van der Waals surface area contributed by atoms with Gasteiger partial charge in [-0.3, -0.25) is 14.4 Å². The molecule has 9 heteroatoms. The number of benzene rings is 1. The lowest BCUT2D eigenvalue weighted by Crippen LogP contribution is -2.59. The molecule has 4 heterocycles. The lowest BCUT2D eigenvalue weighted by molar-refractivity contribution is -0.152. The van der Waals surface area contributed by atoms with E-state index in [-0.39, 0.29) is 30.4 Å². The monoisotopic (exact) mass is 563 g/mol. The predicted octanol–water partition coefficient (Wildman–Crippen LogP) is 3.07. The van der Waals surface area contributed by atoms with Crippen molar-refractivity contribution < 1.29 is 29.0 Å². The zero-order chi connectivity index (χ0) is 28.7. The number of aliphatic hydroxyl groups excluding tert-OH is 1. The summed E-state index contributed by atoms with van der Waals surface area (Å²) in [5, 5.41) is 10.3. The first-order chi connectivity index (χ1) is 19.9. The summed E-state index contributed by atoms with van der Waals surface area (Å²) >= 11 is 0. The molecule has 1 spiro atoms. The topological polar surface area (TPSA) is 99.6 Å². The molecule has 1 N–H and O–H groups in total. The lowest BCUT2D eigenvalue weighted by atomic mass is 9.77. The van der Waals surface area contributed by atoms with E-state index < -0.39 is 35.6 Å². The summed E-state index contributed by atoms with van der Waals surface area (Å²) in [6.45, 7) is 4.91. The highest BCUT2D eigenvalue weighted by Crippen LogP contribution is 2.54. The van der Waals surface area contributed by atoms with Crippen molar-refractivity contribution in [1.82, 2.24) is 9.80 Å². The van der Waals surface area contributed by atoms with E-state index in [2.05, 4.69) is 0 Å². The van der Waals surface area contributed by atoms with E-state index in [0.717, 1.165) is 31.4 Å². The number of anilines is 1. The summed E-state index contributed by atoms with van der Waals surface area (Å²) in [4.78, 5) is 48.4. The molecule has 6 atom stereocenters. The Balaban J connectivity index is 1.40. The van der Waals surface area contributed by atoms with Crippen molar-refractivity contribution in [2.24, 2.45) is 11.8 Å². The smallest absolute Gasteiger partial charge is 0.249 e. The Kier molecular flexibility index (Phi) is 7.68. The van der Waals surface area contributed by atoms with Crippen LogP contribution in [-0.4, -0.2) is 88.8 Å². The maximum atomic E-state index is 14.5. The van der Waals surface area contributed by atoms with Crippen LogP contribution in [0.5, 0.6) is 5.75 Å². The standard InChI is InChI=1S/C32H41N3O6/c1-3-21(20-36)35-28-31(39)34(22-10-6-5-7-11-22)19-9-17-32(28)27(30(35)38)26-25(41-32)12-8-18-33(29(26)37)23-13-15-24(16-14-23)40-4-2/h8-9,12-17,21-22,25-28,36H,3-7,10-11,18-20H2,1-2H3/t21-,25-,26+,27-,28?,32-/m0/s1. The number of ether oxygens (including phenoxy) is 2. The summed E-state index contributed by atoms with van der Waals surface area (Å²) < 4.78 is 12.3. The number of likely N-dealkylation sites (tertiary alicyclic amines) is 1. The number of nitrogens with zero attached hydrogens (tertiary/aromatic N) is 3. The molecule has 0 bridgehead atoms. The van der Waals surface area contributed by atoms with Crippen LogP contribution in [0.15, 0.2) is 48.6 Å². The Hall–Kier alpha value is -3.17. The number of hydrogen-bond donors (Lipinski definition) is 1. The van der Waals surface area contributed by atoms with Crippen LogP contribution in [0.2, 0.25) is 0 Å². The van der Waals surface area contributed by atoms with Gasteiger partial charge in [-0.2, -0.15) is 0 Å². The minimum absolute atomic E-state index is 0.116. The summed E-state index contributed by atoms with van der Waals surface area (Å²) in [5.41, 5.74) is -0.571. The molecule has 3 fully saturated rings. The molecule has 1 saturated carbocycles. The van der Waals surface area contributed by atoms with Crippen molar-refractivity contribution in [2.75, 3.05) is 31.2 Å². The van der Waals surface area contributed by atoms with E-state index in [1.54, 1.807) is 9.80 Å². The van der Waals surface area contributed by atoms with E-state index in [4.69, 9.17) is 9.47 Å². The average molecular weight is 564 g/mol. The van der Waals surface area contributed by atoms with Gasteiger partial charge in [-0.15, -0.1) is 0 Å². The highest BCUT2D eigenvalue weighted by atomic mass is 16.5. The lowest BCUT2D eigenvalue weighted by Gasteiger charge is -2.41. The molecular weight excluding hydrogens is 522 g/mol. The van der Waals surface area contributed by atoms with Gasteiger partial charge in [-0.05, 0) is 50.5 Å². The minimum Gasteiger partial charge on any atom is -0.494 e. The third-order valence-electron chi connectivity index (χ3n) is 9.68. The Morgan fingerprint density at radius 3 is 2.44 bits per heavy atom. The van der Waals surface area contributed by atoms with Crippen LogP contribution in [0.25, 0.3) is 0 Å². The Morgan fingerprint density at radius 2 is 1.76 bits per heavy atom. The second-order valence-electron chi connectivity index (χ2n) is 11.8. The van der Waals surface area contributed by atoms with Gasteiger partial charge < -0.3 is 29.3 Å². The second kappa shape index (κ2) is 11.2. The number of rotatable bonds is 7. The number of amides is 3.